The van der Waals surface area contributed by atoms with E-state index in [2.05, 4.69) is 13.8 Å². The number of rotatable bonds is 10. The molecule has 0 fully saturated rings. The summed E-state index contributed by atoms with van der Waals surface area (Å²) in [6.45, 7) is 13.7. The molecule has 0 aromatic rings. The number of ether oxygens (including phenoxy) is 1. The van der Waals surface area contributed by atoms with E-state index >= 15 is 0 Å². The van der Waals surface area contributed by atoms with E-state index in [0.717, 1.165) is 12.8 Å². The SMILES string of the molecule is CC(C)CCC(C)OC(=O)C(CCC(C)C)(C(=O)O)C(C)C. The summed E-state index contributed by atoms with van der Waals surface area (Å²) in [5.41, 5.74) is -1.43. The lowest BCUT2D eigenvalue weighted by atomic mass is 9.72. The topological polar surface area (TPSA) is 63.6 Å². The third kappa shape index (κ3) is 5.98. The number of carboxylic acid groups (broad SMARTS) is 1. The van der Waals surface area contributed by atoms with Gasteiger partial charge in [0.05, 0.1) is 6.10 Å². The fourth-order valence-corrected chi connectivity index (χ4v) is 2.50. The Hall–Kier alpha value is -1.06. The number of hydrogen-bond donors (Lipinski definition) is 1. The zero-order valence-corrected chi connectivity index (χ0v) is 15.3. The average Bonchev–Trinajstić information content (AvgIpc) is 2.35. The van der Waals surface area contributed by atoms with Gasteiger partial charge in [0.15, 0.2) is 5.41 Å². The molecule has 0 aliphatic rings. The summed E-state index contributed by atoms with van der Waals surface area (Å²) < 4.78 is 5.50. The van der Waals surface area contributed by atoms with Gasteiger partial charge in [-0.1, -0.05) is 41.5 Å². The highest BCUT2D eigenvalue weighted by molar-refractivity contribution is 5.99. The van der Waals surface area contributed by atoms with E-state index in [1.165, 1.54) is 0 Å². The Kier molecular flexibility index (Phi) is 8.72. The number of carbonyl (C=O) groups is 2. The second-order valence-electron chi connectivity index (χ2n) is 7.55. The Bertz CT molecular complexity index is 360. The largest absolute Gasteiger partial charge is 0.480 e. The molecule has 2 atom stereocenters. The van der Waals surface area contributed by atoms with Crippen LogP contribution < -0.4 is 0 Å². The van der Waals surface area contributed by atoms with Crippen LogP contribution in [0.25, 0.3) is 0 Å². The second-order valence-corrected chi connectivity index (χ2v) is 7.55. The lowest BCUT2D eigenvalue weighted by Gasteiger charge is -2.32. The first-order valence-corrected chi connectivity index (χ1v) is 8.48. The van der Waals surface area contributed by atoms with Gasteiger partial charge in [0.2, 0.25) is 0 Å². The van der Waals surface area contributed by atoms with Crippen LogP contribution in [-0.2, 0) is 14.3 Å². The standard InChI is InChI=1S/C18H34O4/c1-12(2)8-9-15(7)22-17(21)18(14(5)6,16(19)20)11-10-13(3)4/h12-15H,8-11H2,1-7H3,(H,19,20). The quantitative estimate of drug-likeness (QED) is 0.476. The van der Waals surface area contributed by atoms with Crippen molar-refractivity contribution < 1.29 is 19.4 Å². The van der Waals surface area contributed by atoms with Crippen molar-refractivity contribution in [2.75, 3.05) is 0 Å². The second kappa shape index (κ2) is 9.16. The van der Waals surface area contributed by atoms with Gasteiger partial charge in [0.25, 0.3) is 0 Å². The predicted molar refractivity (Wildman–Crippen MR) is 88.6 cm³/mol. The zero-order valence-electron chi connectivity index (χ0n) is 15.3. The van der Waals surface area contributed by atoms with Gasteiger partial charge < -0.3 is 9.84 Å². The highest BCUT2D eigenvalue weighted by Crippen LogP contribution is 2.37. The molecule has 0 rings (SSSR count). The molecular weight excluding hydrogens is 280 g/mol. The van der Waals surface area contributed by atoms with Crippen LogP contribution in [0.15, 0.2) is 0 Å². The van der Waals surface area contributed by atoms with E-state index in [1.54, 1.807) is 13.8 Å². The van der Waals surface area contributed by atoms with E-state index in [1.807, 2.05) is 20.8 Å². The van der Waals surface area contributed by atoms with Gasteiger partial charge in [-0.05, 0) is 50.4 Å². The van der Waals surface area contributed by atoms with Crippen LogP contribution >= 0.6 is 0 Å². The molecule has 0 bridgehead atoms. The molecule has 0 amide bonds. The van der Waals surface area contributed by atoms with Gasteiger partial charge in [0.1, 0.15) is 0 Å². The minimum Gasteiger partial charge on any atom is -0.480 e. The molecule has 0 aromatic heterocycles. The molecule has 0 saturated heterocycles. The van der Waals surface area contributed by atoms with E-state index < -0.39 is 17.4 Å². The van der Waals surface area contributed by atoms with Crippen molar-refractivity contribution >= 4 is 11.9 Å². The molecule has 4 nitrogen and oxygen atoms in total. The van der Waals surface area contributed by atoms with Gasteiger partial charge in [-0.25, -0.2) is 0 Å². The summed E-state index contributed by atoms with van der Waals surface area (Å²) in [5, 5.41) is 9.71. The van der Waals surface area contributed by atoms with Crippen LogP contribution in [0, 0.1) is 23.2 Å². The highest BCUT2D eigenvalue weighted by Gasteiger charge is 2.50. The summed E-state index contributed by atoms with van der Waals surface area (Å²) >= 11 is 0. The van der Waals surface area contributed by atoms with Gasteiger partial charge >= 0.3 is 11.9 Å². The third-order valence-electron chi connectivity index (χ3n) is 4.31. The molecule has 0 aliphatic carbocycles. The maximum atomic E-state index is 12.6. The van der Waals surface area contributed by atoms with Crippen LogP contribution in [0.3, 0.4) is 0 Å². The fourth-order valence-electron chi connectivity index (χ4n) is 2.50. The summed E-state index contributed by atoms with van der Waals surface area (Å²) in [7, 11) is 0. The van der Waals surface area contributed by atoms with Crippen molar-refractivity contribution in [3.63, 3.8) is 0 Å². The van der Waals surface area contributed by atoms with E-state index in [9.17, 15) is 14.7 Å². The third-order valence-corrected chi connectivity index (χ3v) is 4.31. The van der Waals surface area contributed by atoms with Gasteiger partial charge in [-0.3, -0.25) is 9.59 Å². The first-order valence-electron chi connectivity index (χ1n) is 8.48. The van der Waals surface area contributed by atoms with Crippen molar-refractivity contribution in [2.24, 2.45) is 23.2 Å². The van der Waals surface area contributed by atoms with Crippen LogP contribution in [-0.4, -0.2) is 23.1 Å². The summed E-state index contributed by atoms with van der Waals surface area (Å²) in [6, 6.07) is 0. The molecule has 0 heterocycles. The Balaban J connectivity index is 5.07. The molecule has 0 saturated carbocycles. The lowest BCUT2D eigenvalue weighted by molar-refractivity contribution is -0.177. The van der Waals surface area contributed by atoms with E-state index in [4.69, 9.17) is 4.74 Å². The molecule has 0 radical (unpaired) electrons. The Morgan fingerprint density at radius 1 is 0.909 bits per heavy atom. The number of hydrogen-bond acceptors (Lipinski definition) is 3. The normalized spacial score (nSPS) is 15.9. The zero-order chi connectivity index (χ0) is 17.5. The number of esters is 1. The molecular formula is C18H34O4. The van der Waals surface area contributed by atoms with Crippen molar-refractivity contribution in [3.05, 3.63) is 0 Å². The number of carbonyl (C=O) groups excluding carboxylic acids is 1. The van der Waals surface area contributed by atoms with Crippen LogP contribution in [0.1, 0.15) is 74.1 Å². The summed E-state index contributed by atoms with van der Waals surface area (Å²) in [4.78, 5) is 24.5. The van der Waals surface area contributed by atoms with Crippen molar-refractivity contribution in [1.82, 2.24) is 0 Å². The van der Waals surface area contributed by atoms with E-state index in [-0.39, 0.29) is 12.0 Å². The van der Waals surface area contributed by atoms with Crippen LogP contribution in [0.5, 0.6) is 0 Å². The number of aliphatic carboxylic acids is 1. The summed E-state index contributed by atoms with van der Waals surface area (Å²) in [6.07, 6.45) is 2.50. The smallest absolute Gasteiger partial charge is 0.324 e. The first-order chi connectivity index (χ1) is 10.0. The molecule has 130 valence electrons. The van der Waals surface area contributed by atoms with Gasteiger partial charge in [-0.2, -0.15) is 0 Å². The van der Waals surface area contributed by atoms with E-state index in [0.29, 0.717) is 24.7 Å². The van der Waals surface area contributed by atoms with Crippen LogP contribution in [0.4, 0.5) is 0 Å². The molecule has 22 heavy (non-hydrogen) atoms. The van der Waals surface area contributed by atoms with Crippen molar-refractivity contribution in [2.45, 2.75) is 80.3 Å². The maximum Gasteiger partial charge on any atom is 0.324 e. The molecule has 0 spiro atoms. The molecule has 2 unspecified atom stereocenters. The Morgan fingerprint density at radius 3 is 1.77 bits per heavy atom. The van der Waals surface area contributed by atoms with Crippen LogP contribution in [0.2, 0.25) is 0 Å². The summed E-state index contributed by atoms with van der Waals surface area (Å²) in [5.74, 6) is -1.05. The minimum absolute atomic E-state index is 0.244. The number of carboxylic acids is 1. The fraction of sp³-hybridized carbons (Fsp3) is 0.889. The van der Waals surface area contributed by atoms with Crippen molar-refractivity contribution in [3.8, 4) is 0 Å². The average molecular weight is 314 g/mol. The minimum atomic E-state index is -1.43. The molecule has 1 N–H and O–H groups in total. The highest BCUT2D eigenvalue weighted by atomic mass is 16.5. The molecule has 4 heteroatoms. The van der Waals surface area contributed by atoms with Gasteiger partial charge in [-0.15, -0.1) is 0 Å². The maximum absolute atomic E-state index is 12.6. The lowest BCUT2D eigenvalue weighted by Crippen LogP contribution is -2.46. The van der Waals surface area contributed by atoms with Crippen molar-refractivity contribution in [1.29, 1.82) is 0 Å². The first kappa shape index (κ1) is 20.9. The van der Waals surface area contributed by atoms with Gasteiger partial charge in [0, 0.05) is 0 Å². The Morgan fingerprint density at radius 2 is 1.41 bits per heavy atom. The Labute approximate surface area is 135 Å². The monoisotopic (exact) mass is 314 g/mol. The molecule has 0 aliphatic heterocycles. The molecule has 0 aromatic carbocycles. The predicted octanol–water partition coefficient (Wildman–Crippen LogP) is 4.52.